The highest BCUT2D eigenvalue weighted by Gasteiger charge is 2.36. The molecule has 0 bridgehead atoms. The second-order valence-electron chi connectivity index (χ2n) is 10.9. The molecule has 0 heterocycles. The summed E-state index contributed by atoms with van der Waals surface area (Å²) in [5, 5.41) is 0. The lowest BCUT2D eigenvalue weighted by Gasteiger charge is -2.33. The fraction of sp³-hybridized carbons (Fsp3) is 0.278. The average molecular weight is 531 g/mol. The molecule has 4 nitrogen and oxygen atoms in total. The normalized spacial score (nSPS) is 13.6. The first-order valence-electron chi connectivity index (χ1n) is 14.1. The summed E-state index contributed by atoms with van der Waals surface area (Å²) >= 11 is 0. The number of rotatable bonds is 4. The van der Waals surface area contributed by atoms with E-state index >= 15 is 0 Å². The van der Waals surface area contributed by atoms with Crippen molar-refractivity contribution in [2.24, 2.45) is 0 Å². The highest BCUT2D eigenvalue weighted by molar-refractivity contribution is 6.13. The molecule has 2 aliphatic carbocycles. The lowest BCUT2D eigenvalue weighted by Crippen LogP contribution is -2.23. The predicted octanol–water partition coefficient (Wildman–Crippen LogP) is 7.58. The van der Waals surface area contributed by atoms with Gasteiger partial charge < -0.3 is 9.47 Å². The molecule has 0 aromatic heterocycles. The number of fused-ring (bicyclic) bond motifs is 3. The summed E-state index contributed by atoms with van der Waals surface area (Å²) in [6.07, 6.45) is 6.09. The van der Waals surface area contributed by atoms with E-state index in [0.717, 1.165) is 46.2 Å². The van der Waals surface area contributed by atoms with Crippen LogP contribution in [-0.2, 0) is 35.2 Å². The lowest BCUT2D eigenvalue weighted by molar-refractivity contribution is 0.0556. The maximum Gasteiger partial charge on any atom is 0.339 e. The molecule has 0 N–H and O–H groups in total. The van der Waals surface area contributed by atoms with Crippen LogP contribution in [0, 0.1) is 13.8 Å². The van der Waals surface area contributed by atoms with Gasteiger partial charge in [-0.1, -0.05) is 60.7 Å². The van der Waals surface area contributed by atoms with Crippen molar-refractivity contribution in [1.82, 2.24) is 0 Å². The van der Waals surface area contributed by atoms with Crippen molar-refractivity contribution < 1.29 is 19.1 Å². The van der Waals surface area contributed by atoms with Crippen LogP contribution in [0.5, 0.6) is 0 Å². The second-order valence-corrected chi connectivity index (χ2v) is 10.9. The van der Waals surface area contributed by atoms with Crippen molar-refractivity contribution in [1.29, 1.82) is 0 Å². The molecule has 0 fully saturated rings. The first kappa shape index (κ1) is 26.1. The van der Waals surface area contributed by atoms with Crippen LogP contribution in [-0.4, -0.2) is 26.2 Å². The highest BCUT2D eigenvalue weighted by Crippen LogP contribution is 2.47. The minimum absolute atomic E-state index is 0.272. The van der Waals surface area contributed by atoms with E-state index in [1.54, 1.807) is 0 Å². The van der Waals surface area contributed by atoms with E-state index in [1.807, 2.05) is 60.7 Å². The Balaban J connectivity index is 1.77. The summed E-state index contributed by atoms with van der Waals surface area (Å²) in [6, 6.07) is 19.8. The van der Waals surface area contributed by atoms with Gasteiger partial charge in [-0.25, -0.2) is 9.59 Å². The summed E-state index contributed by atoms with van der Waals surface area (Å²) < 4.78 is 10.7. The molecular weight excluding hydrogens is 496 g/mol. The molecule has 0 atom stereocenters. The van der Waals surface area contributed by atoms with Crippen LogP contribution in [0.4, 0.5) is 0 Å². The number of esters is 2. The van der Waals surface area contributed by atoms with Crippen molar-refractivity contribution in [3.05, 3.63) is 116 Å². The van der Waals surface area contributed by atoms with Crippen LogP contribution in [0.2, 0.25) is 0 Å². The number of hydrogen-bond donors (Lipinski definition) is 0. The Hall–Kier alpha value is -4.18. The molecule has 4 aromatic rings. The van der Waals surface area contributed by atoms with Crippen molar-refractivity contribution in [2.45, 2.75) is 52.4 Å². The first-order valence-corrected chi connectivity index (χ1v) is 14.1. The maximum atomic E-state index is 13.6. The number of carbonyl (C=O) groups excluding carboxylic acids is 2. The van der Waals surface area contributed by atoms with E-state index in [4.69, 9.17) is 9.47 Å². The van der Waals surface area contributed by atoms with Gasteiger partial charge in [-0.15, -0.1) is 0 Å². The Kier molecular flexibility index (Phi) is 6.79. The summed E-state index contributed by atoms with van der Waals surface area (Å²) in [7, 11) is 2.74. The molecule has 0 amide bonds. The quantitative estimate of drug-likeness (QED) is 0.225. The van der Waals surface area contributed by atoms with E-state index in [1.165, 1.54) is 60.4 Å². The summed E-state index contributed by atoms with van der Waals surface area (Å²) in [5.41, 5.74) is 14.5. The third kappa shape index (κ3) is 4.05. The largest absolute Gasteiger partial charge is 0.465 e. The Bertz CT molecular complexity index is 1530. The Labute approximate surface area is 236 Å². The Morgan fingerprint density at radius 1 is 0.550 bits per heavy atom. The van der Waals surface area contributed by atoms with Gasteiger partial charge in [-0.2, -0.15) is 0 Å². The molecule has 2 aliphatic rings. The van der Waals surface area contributed by atoms with Gasteiger partial charge in [0.1, 0.15) is 0 Å². The zero-order valence-electron chi connectivity index (χ0n) is 23.6. The van der Waals surface area contributed by atoms with Gasteiger partial charge in [0, 0.05) is 11.1 Å². The smallest absolute Gasteiger partial charge is 0.339 e. The van der Waals surface area contributed by atoms with Gasteiger partial charge in [0.05, 0.1) is 25.3 Å². The molecule has 6 rings (SSSR count). The molecule has 0 spiro atoms. The minimum Gasteiger partial charge on any atom is -0.465 e. The molecule has 0 unspecified atom stereocenters. The predicted molar refractivity (Wildman–Crippen MR) is 158 cm³/mol. The molecule has 0 aliphatic heterocycles. The molecule has 202 valence electrons. The van der Waals surface area contributed by atoms with Crippen LogP contribution in [0.1, 0.15) is 78.1 Å². The van der Waals surface area contributed by atoms with Crippen molar-refractivity contribution in [3.8, 4) is 22.3 Å². The summed E-state index contributed by atoms with van der Waals surface area (Å²) in [5.74, 6) is -1.08. The van der Waals surface area contributed by atoms with E-state index in [9.17, 15) is 9.59 Å². The standard InChI is InChI=1S/C36H34O4/c1-21-25-17-11-12-18-26(25)22(2)28-20-30-29(19-27(21)28)31(23-13-7-5-8-14-23)33(35(37)39-3)34(36(38)40-4)32(30)24-15-9-6-10-16-24/h5-10,13-16H,11-12,17-20H2,1-4H3. The minimum atomic E-state index is -0.539. The van der Waals surface area contributed by atoms with Crippen molar-refractivity contribution in [2.75, 3.05) is 14.2 Å². The zero-order valence-corrected chi connectivity index (χ0v) is 23.6. The number of carbonyl (C=O) groups is 2. The topological polar surface area (TPSA) is 52.6 Å². The summed E-state index contributed by atoms with van der Waals surface area (Å²) in [4.78, 5) is 27.3. The van der Waals surface area contributed by atoms with Gasteiger partial charge in [0.2, 0.25) is 0 Å². The molecular formula is C36H34O4. The van der Waals surface area contributed by atoms with Gasteiger partial charge >= 0.3 is 11.9 Å². The van der Waals surface area contributed by atoms with E-state index in [0.29, 0.717) is 12.8 Å². The van der Waals surface area contributed by atoms with Crippen LogP contribution in [0.25, 0.3) is 22.3 Å². The number of hydrogen-bond acceptors (Lipinski definition) is 4. The van der Waals surface area contributed by atoms with Gasteiger partial charge in [0.25, 0.3) is 0 Å². The Morgan fingerprint density at radius 3 is 1.27 bits per heavy atom. The van der Waals surface area contributed by atoms with Crippen molar-refractivity contribution >= 4 is 11.9 Å². The van der Waals surface area contributed by atoms with Gasteiger partial charge in [0.15, 0.2) is 0 Å². The van der Waals surface area contributed by atoms with Crippen LogP contribution in [0.15, 0.2) is 60.7 Å². The van der Waals surface area contributed by atoms with Crippen LogP contribution in [0.3, 0.4) is 0 Å². The van der Waals surface area contributed by atoms with E-state index in [2.05, 4.69) is 13.8 Å². The Morgan fingerprint density at radius 2 is 0.925 bits per heavy atom. The van der Waals surface area contributed by atoms with Crippen LogP contribution >= 0.6 is 0 Å². The molecule has 4 aromatic carbocycles. The second kappa shape index (κ2) is 10.4. The molecule has 40 heavy (non-hydrogen) atoms. The number of benzene rings is 4. The third-order valence-electron chi connectivity index (χ3n) is 8.97. The molecule has 0 radical (unpaired) electrons. The zero-order chi connectivity index (χ0) is 28.0. The third-order valence-corrected chi connectivity index (χ3v) is 8.97. The monoisotopic (exact) mass is 530 g/mol. The van der Waals surface area contributed by atoms with Gasteiger partial charge in [-0.3, -0.25) is 0 Å². The number of ether oxygens (including phenoxy) is 2. The number of methoxy groups -OCH3 is 2. The van der Waals surface area contributed by atoms with Crippen molar-refractivity contribution in [3.63, 3.8) is 0 Å². The average Bonchev–Trinajstić information content (AvgIpc) is 3.01. The van der Waals surface area contributed by atoms with E-state index in [-0.39, 0.29) is 11.1 Å². The fourth-order valence-corrected chi connectivity index (χ4v) is 7.08. The molecule has 0 saturated carbocycles. The fourth-order valence-electron chi connectivity index (χ4n) is 7.08. The van der Waals surface area contributed by atoms with E-state index < -0.39 is 11.9 Å². The first-order chi connectivity index (χ1) is 19.5. The highest BCUT2D eigenvalue weighted by atomic mass is 16.5. The molecule has 4 heteroatoms. The van der Waals surface area contributed by atoms with Crippen LogP contribution < -0.4 is 0 Å². The lowest BCUT2D eigenvalue weighted by atomic mass is 9.70. The summed E-state index contributed by atoms with van der Waals surface area (Å²) in [6.45, 7) is 4.55. The molecule has 0 saturated heterocycles. The SMILES string of the molecule is COC(=O)c1c(C(=O)OC)c(-c2ccccc2)c2c(c1-c1ccccc1)Cc1c(C)c3c(c(C)c1C2)CCCC3. The van der Waals surface area contributed by atoms with Gasteiger partial charge in [-0.05, 0) is 108 Å². The maximum absolute atomic E-state index is 13.6.